The molecule has 0 bridgehead atoms. The van der Waals surface area contributed by atoms with Gasteiger partial charge in [-0.3, -0.25) is 0 Å². The summed E-state index contributed by atoms with van der Waals surface area (Å²) in [5.41, 5.74) is 9.15. The lowest BCUT2D eigenvalue weighted by atomic mass is 9.89. The average Bonchev–Trinajstić information content (AvgIpc) is 2.72. The standard InChI is InChI=1S/C23H23ClFNO2/c1-27-12-13-28-22-9-5-8-18(23(22)25)19-14-17(10-11-21(19)24)20(15-26)16-6-3-2-4-7-16/h2-11,14,20H,12-13,15,26H2,1H3. The molecule has 0 fully saturated rings. The van der Waals surface area contributed by atoms with Crippen LogP contribution in [0.4, 0.5) is 4.39 Å². The first kappa shape index (κ1) is 20.3. The number of hydrogen-bond acceptors (Lipinski definition) is 3. The molecule has 0 saturated carbocycles. The smallest absolute Gasteiger partial charge is 0.172 e. The van der Waals surface area contributed by atoms with Gasteiger partial charge < -0.3 is 15.2 Å². The summed E-state index contributed by atoms with van der Waals surface area (Å²) in [6.45, 7) is 1.09. The van der Waals surface area contributed by atoms with Crippen LogP contribution in [0.3, 0.4) is 0 Å². The van der Waals surface area contributed by atoms with Gasteiger partial charge in [0.2, 0.25) is 0 Å². The van der Waals surface area contributed by atoms with Crippen LogP contribution in [0.25, 0.3) is 11.1 Å². The Morgan fingerprint density at radius 3 is 2.43 bits per heavy atom. The Morgan fingerprint density at radius 2 is 1.71 bits per heavy atom. The molecule has 3 aromatic rings. The molecule has 0 aliphatic rings. The summed E-state index contributed by atoms with van der Waals surface area (Å²) in [4.78, 5) is 0. The van der Waals surface area contributed by atoms with Crippen molar-refractivity contribution in [1.29, 1.82) is 0 Å². The molecule has 0 heterocycles. The van der Waals surface area contributed by atoms with Crippen molar-refractivity contribution in [2.75, 3.05) is 26.9 Å². The van der Waals surface area contributed by atoms with Gasteiger partial charge in [0.1, 0.15) is 6.61 Å². The van der Waals surface area contributed by atoms with Crippen LogP contribution in [0.5, 0.6) is 5.75 Å². The van der Waals surface area contributed by atoms with E-state index in [9.17, 15) is 0 Å². The normalized spacial score (nSPS) is 12.0. The summed E-state index contributed by atoms with van der Waals surface area (Å²) in [6, 6.07) is 20.7. The topological polar surface area (TPSA) is 44.5 Å². The Balaban J connectivity index is 1.99. The number of halogens is 2. The maximum atomic E-state index is 15.1. The monoisotopic (exact) mass is 399 g/mol. The van der Waals surface area contributed by atoms with Crippen molar-refractivity contribution in [3.63, 3.8) is 0 Å². The molecule has 3 rings (SSSR count). The highest BCUT2D eigenvalue weighted by Gasteiger charge is 2.18. The Bertz CT molecular complexity index is 918. The SMILES string of the molecule is COCCOc1cccc(-c2cc(C(CN)c3ccccc3)ccc2Cl)c1F. The summed E-state index contributed by atoms with van der Waals surface area (Å²) in [7, 11) is 1.57. The van der Waals surface area contributed by atoms with Gasteiger partial charge in [-0.2, -0.15) is 0 Å². The number of rotatable bonds is 8. The molecule has 0 aromatic heterocycles. The molecule has 1 unspecified atom stereocenters. The number of methoxy groups -OCH3 is 1. The lowest BCUT2D eigenvalue weighted by Crippen LogP contribution is -2.14. The fourth-order valence-electron chi connectivity index (χ4n) is 3.18. The van der Waals surface area contributed by atoms with E-state index in [4.69, 9.17) is 26.8 Å². The zero-order valence-corrected chi connectivity index (χ0v) is 16.5. The van der Waals surface area contributed by atoms with Gasteiger partial charge in [-0.15, -0.1) is 0 Å². The summed E-state index contributed by atoms with van der Waals surface area (Å²) in [5, 5.41) is 0.473. The number of hydrogen-bond donors (Lipinski definition) is 1. The van der Waals surface area contributed by atoms with E-state index in [0.29, 0.717) is 29.3 Å². The first-order chi connectivity index (χ1) is 13.7. The molecule has 28 heavy (non-hydrogen) atoms. The highest BCUT2D eigenvalue weighted by molar-refractivity contribution is 6.33. The maximum Gasteiger partial charge on any atom is 0.172 e. The van der Waals surface area contributed by atoms with Gasteiger partial charge in [0.25, 0.3) is 0 Å². The van der Waals surface area contributed by atoms with Crippen LogP contribution < -0.4 is 10.5 Å². The van der Waals surface area contributed by atoms with Gasteiger partial charge in [0.05, 0.1) is 6.61 Å². The van der Waals surface area contributed by atoms with Crippen molar-refractivity contribution in [2.45, 2.75) is 5.92 Å². The quantitative estimate of drug-likeness (QED) is 0.525. The first-order valence-corrected chi connectivity index (χ1v) is 9.48. The molecule has 0 aliphatic heterocycles. The minimum absolute atomic E-state index is 0.00131. The number of ether oxygens (including phenoxy) is 2. The molecule has 5 heteroatoms. The van der Waals surface area contributed by atoms with Gasteiger partial charge >= 0.3 is 0 Å². The van der Waals surface area contributed by atoms with Crippen molar-refractivity contribution < 1.29 is 13.9 Å². The van der Waals surface area contributed by atoms with Crippen LogP contribution in [-0.2, 0) is 4.74 Å². The van der Waals surface area contributed by atoms with Crippen LogP contribution in [-0.4, -0.2) is 26.9 Å². The van der Waals surface area contributed by atoms with Crippen LogP contribution in [0, 0.1) is 5.82 Å². The van der Waals surface area contributed by atoms with E-state index in [1.165, 1.54) is 0 Å². The molecule has 0 spiro atoms. The second-order valence-corrected chi connectivity index (χ2v) is 6.80. The van der Waals surface area contributed by atoms with E-state index in [0.717, 1.165) is 11.1 Å². The van der Waals surface area contributed by atoms with Gasteiger partial charge in [-0.25, -0.2) is 4.39 Å². The van der Waals surface area contributed by atoms with E-state index in [2.05, 4.69) is 0 Å². The Hall–Kier alpha value is -2.40. The molecular formula is C23H23ClFNO2. The Labute approximate surface area is 169 Å². The fourth-order valence-corrected chi connectivity index (χ4v) is 3.40. The van der Waals surface area contributed by atoms with E-state index in [1.54, 1.807) is 31.4 Å². The second kappa shape index (κ2) is 9.69. The molecule has 3 nitrogen and oxygen atoms in total. The number of nitrogens with two attached hydrogens (primary N) is 1. The molecule has 2 N–H and O–H groups in total. The van der Waals surface area contributed by atoms with Crippen LogP contribution in [0.2, 0.25) is 5.02 Å². The van der Waals surface area contributed by atoms with Gasteiger partial charge in [-0.1, -0.05) is 60.1 Å². The largest absolute Gasteiger partial charge is 0.488 e. The lowest BCUT2D eigenvalue weighted by Gasteiger charge is -2.18. The van der Waals surface area contributed by atoms with Crippen molar-refractivity contribution in [3.8, 4) is 16.9 Å². The van der Waals surface area contributed by atoms with Gasteiger partial charge in [0.15, 0.2) is 11.6 Å². The van der Waals surface area contributed by atoms with Crippen molar-refractivity contribution >= 4 is 11.6 Å². The van der Waals surface area contributed by atoms with E-state index >= 15 is 4.39 Å². The van der Waals surface area contributed by atoms with Gasteiger partial charge in [-0.05, 0) is 29.3 Å². The summed E-state index contributed by atoms with van der Waals surface area (Å²) < 4.78 is 25.5. The highest BCUT2D eigenvalue weighted by atomic mass is 35.5. The third-order valence-electron chi connectivity index (χ3n) is 4.63. The van der Waals surface area contributed by atoms with Crippen molar-refractivity contribution in [1.82, 2.24) is 0 Å². The van der Waals surface area contributed by atoms with Gasteiger partial charge in [0, 0.05) is 35.7 Å². The fraction of sp³-hybridized carbons (Fsp3) is 0.217. The summed E-state index contributed by atoms with van der Waals surface area (Å²) in [6.07, 6.45) is 0. The molecule has 0 saturated heterocycles. The zero-order valence-electron chi connectivity index (χ0n) is 15.7. The maximum absolute atomic E-state index is 15.1. The molecule has 3 aromatic carbocycles. The third kappa shape index (κ3) is 4.53. The van der Waals surface area contributed by atoms with Crippen LogP contribution in [0.15, 0.2) is 66.7 Å². The highest BCUT2D eigenvalue weighted by Crippen LogP contribution is 2.36. The predicted molar refractivity (Wildman–Crippen MR) is 112 cm³/mol. The average molecular weight is 400 g/mol. The molecular weight excluding hydrogens is 377 g/mol. The van der Waals surface area contributed by atoms with Crippen LogP contribution >= 0.6 is 11.6 Å². The van der Waals surface area contributed by atoms with E-state index in [-0.39, 0.29) is 18.3 Å². The Kier molecular flexibility index (Phi) is 7.04. The molecule has 1 atom stereocenters. The molecule has 0 amide bonds. The second-order valence-electron chi connectivity index (χ2n) is 6.40. The summed E-state index contributed by atoms with van der Waals surface area (Å²) >= 11 is 6.42. The molecule has 0 aliphatic carbocycles. The minimum Gasteiger partial charge on any atom is -0.488 e. The summed E-state index contributed by atoms with van der Waals surface area (Å²) in [5.74, 6) is -0.266. The van der Waals surface area contributed by atoms with Crippen molar-refractivity contribution in [2.24, 2.45) is 5.73 Å². The first-order valence-electron chi connectivity index (χ1n) is 9.10. The molecule has 146 valence electrons. The molecule has 0 radical (unpaired) electrons. The van der Waals surface area contributed by atoms with E-state index < -0.39 is 5.82 Å². The number of benzene rings is 3. The van der Waals surface area contributed by atoms with E-state index in [1.807, 2.05) is 42.5 Å². The van der Waals surface area contributed by atoms with Crippen LogP contribution in [0.1, 0.15) is 17.0 Å². The minimum atomic E-state index is -0.443. The third-order valence-corrected chi connectivity index (χ3v) is 4.96. The predicted octanol–water partition coefficient (Wildman–Crippen LogP) is 5.26. The lowest BCUT2D eigenvalue weighted by molar-refractivity contribution is 0.144. The Morgan fingerprint density at radius 1 is 0.929 bits per heavy atom. The zero-order chi connectivity index (χ0) is 19.9. The van der Waals surface area contributed by atoms with Crippen molar-refractivity contribution in [3.05, 3.63) is 88.7 Å².